The van der Waals surface area contributed by atoms with E-state index in [1.165, 1.54) is 16.2 Å². The van der Waals surface area contributed by atoms with Crippen molar-refractivity contribution in [3.63, 3.8) is 0 Å². The lowest BCUT2D eigenvalue weighted by Crippen LogP contribution is -2.42. The summed E-state index contributed by atoms with van der Waals surface area (Å²) in [6.07, 6.45) is 0.599. The molecule has 32 heavy (non-hydrogen) atoms. The number of thiazole rings is 1. The van der Waals surface area contributed by atoms with Crippen molar-refractivity contribution in [2.75, 3.05) is 6.54 Å². The molecular formula is C22H19BrN2O5S2. The van der Waals surface area contributed by atoms with Gasteiger partial charge in [0.25, 0.3) is 0 Å². The Hall–Kier alpha value is -1.91. The SMILES string of the molecule is O=C(O)CCN1C(=O)[C@@H]2[C@H]3C[C@@H]([C@@H]2C1=O)[C@H]1[C@@H](c2ccc(Br)cc2)c2sc(=O)[nH]c2S[C@@H]31. The van der Waals surface area contributed by atoms with Crippen molar-refractivity contribution < 1.29 is 19.5 Å². The van der Waals surface area contributed by atoms with Gasteiger partial charge in [-0.2, -0.15) is 0 Å². The number of fused-ring (bicyclic) bond motifs is 9. The Morgan fingerprint density at radius 1 is 1.12 bits per heavy atom. The smallest absolute Gasteiger partial charge is 0.305 e. The largest absolute Gasteiger partial charge is 0.481 e. The molecule has 0 unspecified atom stereocenters. The molecule has 1 aromatic carbocycles. The summed E-state index contributed by atoms with van der Waals surface area (Å²) in [6, 6.07) is 8.13. The minimum absolute atomic E-state index is 0.000205. The minimum Gasteiger partial charge on any atom is -0.481 e. The molecule has 2 aliphatic heterocycles. The van der Waals surface area contributed by atoms with Crippen molar-refractivity contribution in [3.8, 4) is 0 Å². The second-order valence-corrected chi connectivity index (χ2v) is 12.1. The monoisotopic (exact) mass is 534 g/mol. The fraction of sp³-hybridized carbons (Fsp3) is 0.455. The van der Waals surface area contributed by atoms with Gasteiger partial charge in [0.2, 0.25) is 11.8 Å². The summed E-state index contributed by atoms with van der Waals surface area (Å²) in [4.78, 5) is 54.8. The van der Waals surface area contributed by atoms with Crippen molar-refractivity contribution in [1.29, 1.82) is 0 Å². The van der Waals surface area contributed by atoms with Gasteiger partial charge in [0.05, 0.1) is 23.3 Å². The molecule has 4 aliphatic rings. The molecule has 2 N–H and O–H groups in total. The van der Waals surface area contributed by atoms with Crippen LogP contribution in [-0.4, -0.2) is 44.6 Å². The normalized spacial score (nSPS) is 34.5. The zero-order valence-corrected chi connectivity index (χ0v) is 19.9. The molecule has 2 aliphatic carbocycles. The van der Waals surface area contributed by atoms with E-state index in [0.717, 1.165) is 26.4 Å². The van der Waals surface area contributed by atoms with Crippen LogP contribution in [0, 0.1) is 29.6 Å². The molecule has 166 valence electrons. The molecule has 0 spiro atoms. The van der Waals surface area contributed by atoms with E-state index in [0.29, 0.717) is 0 Å². The van der Waals surface area contributed by atoms with E-state index in [1.807, 2.05) is 12.1 Å². The summed E-state index contributed by atoms with van der Waals surface area (Å²) in [7, 11) is 0. The van der Waals surface area contributed by atoms with Gasteiger partial charge in [-0.25, -0.2) is 0 Å². The van der Waals surface area contributed by atoms with Crippen LogP contribution in [0.5, 0.6) is 0 Å². The molecular weight excluding hydrogens is 516 g/mol. The second-order valence-electron chi connectivity index (χ2n) is 8.98. The highest BCUT2D eigenvalue weighted by Gasteiger charge is 2.69. The maximum absolute atomic E-state index is 13.3. The van der Waals surface area contributed by atoms with Crippen LogP contribution in [0.15, 0.2) is 38.6 Å². The zero-order valence-electron chi connectivity index (χ0n) is 16.7. The number of carbonyl (C=O) groups excluding carboxylic acids is 2. The number of nitrogens with one attached hydrogen (secondary N) is 1. The van der Waals surface area contributed by atoms with Crippen molar-refractivity contribution in [3.05, 3.63) is 48.8 Å². The Balaban J connectivity index is 1.41. The van der Waals surface area contributed by atoms with Crippen LogP contribution in [0.1, 0.15) is 29.2 Å². The molecule has 6 rings (SSSR count). The van der Waals surface area contributed by atoms with Gasteiger partial charge < -0.3 is 10.1 Å². The van der Waals surface area contributed by atoms with E-state index >= 15 is 0 Å². The number of nitrogens with zero attached hydrogens (tertiary/aromatic N) is 1. The lowest BCUT2D eigenvalue weighted by atomic mass is 9.68. The van der Waals surface area contributed by atoms with Gasteiger partial charge in [-0.15, -0.1) is 11.8 Å². The lowest BCUT2D eigenvalue weighted by Gasteiger charge is -2.43. The summed E-state index contributed by atoms with van der Waals surface area (Å²) in [5.41, 5.74) is 1.11. The number of amides is 2. The van der Waals surface area contributed by atoms with Crippen LogP contribution in [0.2, 0.25) is 0 Å². The summed E-state index contributed by atoms with van der Waals surface area (Å²) in [6.45, 7) is -0.0568. The number of likely N-dealkylation sites (tertiary alicyclic amines) is 1. The summed E-state index contributed by atoms with van der Waals surface area (Å²) < 4.78 is 0.976. The first-order valence-electron chi connectivity index (χ1n) is 10.6. The molecule has 2 aromatic rings. The third-order valence-electron chi connectivity index (χ3n) is 7.59. The molecule has 2 bridgehead atoms. The second kappa shape index (κ2) is 7.30. The molecule has 0 radical (unpaired) electrons. The Kier molecular flexibility index (Phi) is 4.71. The third-order valence-corrected chi connectivity index (χ3v) is 10.7. The topological polar surface area (TPSA) is 108 Å². The standard InChI is InChI=1S/C22H19BrN2O5S2/c23-9-3-1-8(2-4-9)13-14-10-7-11(17(14)31-19-18(13)32-22(30)24-19)16-15(10)20(28)25(21(16)29)6-5-12(26)27/h1-4,10-11,13-17H,5-7H2,(H,24,30)(H,26,27)/t10-,11-,13-,14+,15+,16-,17+/m1/s1. The molecule has 2 amide bonds. The van der Waals surface area contributed by atoms with E-state index in [2.05, 4.69) is 33.0 Å². The maximum atomic E-state index is 13.3. The van der Waals surface area contributed by atoms with Crippen molar-refractivity contribution >= 4 is 56.8 Å². The Labute approximate surface area is 199 Å². The first kappa shape index (κ1) is 20.7. The van der Waals surface area contributed by atoms with E-state index in [-0.39, 0.29) is 70.4 Å². The quantitative estimate of drug-likeness (QED) is 0.583. The lowest BCUT2D eigenvalue weighted by molar-refractivity contribution is -0.142. The van der Waals surface area contributed by atoms with E-state index in [4.69, 9.17) is 5.11 Å². The molecule has 10 heteroatoms. The number of aliphatic carboxylic acids is 1. The summed E-state index contributed by atoms with van der Waals surface area (Å²) in [5.74, 6) is -1.92. The summed E-state index contributed by atoms with van der Waals surface area (Å²) >= 11 is 6.39. The van der Waals surface area contributed by atoms with Crippen LogP contribution >= 0.6 is 39.0 Å². The van der Waals surface area contributed by atoms with Gasteiger partial charge in [0.15, 0.2) is 0 Å². The molecule has 7 atom stereocenters. The number of thioether (sulfide) groups is 1. The van der Waals surface area contributed by atoms with Crippen LogP contribution < -0.4 is 4.87 Å². The van der Waals surface area contributed by atoms with Gasteiger partial charge in [0, 0.05) is 27.1 Å². The van der Waals surface area contributed by atoms with Gasteiger partial charge in [-0.3, -0.25) is 24.1 Å². The number of aromatic nitrogens is 1. The van der Waals surface area contributed by atoms with Gasteiger partial charge in [-0.05, 0) is 41.9 Å². The van der Waals surface area contributed by atoms with Crippen LogP contribution in [-0.2, 0) is 14.4 Å². The number of rotatable bonds is 4. The highest BCUT2D eigenvalue weighted by Crippen LogP contribution is 2.68. The number of hydrogen-bond donors (Lipinski definition) is 2. The molecule has 1 aromatic heterocycles. The van der Waals surface area contributed by atoms with Crippen molar-refractivity contribution in [2.24, 2.45) is 29.6 Å². The fourth-order valence-corrected chi connectivity index (χ4v) is 9.70. The predicted molar refractivity (Wildman–Crippen MR) is 122 cm³/mol. The Morgan fingerprint density at radius 3 is 2.50 bits per heavy atom. The Morgan fingerprint density at radius 2 is 1.81 bits per heavy atom. The van der Waals surface area contributed by atoms with Gasteiger partial charge >= 0.3 is 10.8 Å². The number of carboxylic acids is 1. The van der Waals surface area contributed by atoms with Gasteiger partial charge in [-0.1, -0.05) is 39.4 Å². The maximum Gasteiger partial charge on any atom is 0.305 e. The van der Waals surface area contributed by atoms with E-state index in [9.17, 15) is 19.2 Å². The number of carboxylic acid groups (broad SMARTS) is 1. The first-order chi connectivity index (χ1) is 15.3. The van der Waals surface area contributed by atoms with Crippen LogP contribution in [0.25, 0.3) is 0 Å². The number of hydrogen-bond acceptors (Lipinski definition) is 6. The Bertz CT molecular complexity index is 1210. The summed E-state index contributed by atoms with van der Waals surface area (Å²) in [5, 5.41) is 10.1. The molecule has 3 heterocycles. The number of carbonyl (C=O) groups is 3. The highest BCUT2D eigenvalue weighted by atomic mass is 79.9. The zero-order chi connectivity index (χ0) is 22.3. The number of aromatic amines is 1. The average molecular weight is 535 g/mol. The number of benzene rings is 1. The number of imide groups is 1. The third kappa shape index (κ3) is 2.85. The first-order valence-corrected chi connectivity index (χ1v) is 13.1. The van der Waals surface area contributed by atoms with E-state index in [1.54, 1.807) is 11.8 Å². The van der Waals surface area contributed by atoms with Gasteiger partial charge in [0.1, 0.15) is 0 Å². The molecule has 3 fully saturated rings. The highest BCUT2D eigenvalue weighted by molar-refractivity contribution is 9.10. The molecule has 7 nitrogen and oxygen atoms in total. The van der Waals surface area contributed by atoms with Crippen LogP contribution in [0.3, 0.4) is 0 Å². The average Bonchev–Trinajstić information content (AvgIpc) is 3.47. The van der Waals surface area contributed by atoms with Crippen molar-refractivity contribution in [2.45, 2.75) is 29.0 Å². The fourth-order valence-electron chi connectivity index (χ4n) is 6.55. The number of H-pyrrole nitrogens is 1. The number of halogens is 1. The van der Waals surface area contributed by atoms with E-state index < -0.39 is 5.97 Å². The molecule has 1 saturated heterocycles. The van der Waals surface area contributed by atoms with Crippen molar-refractivity contribution in [1.82, 2.24) is 9.88 Å². The minimum atomic E-state index is -1.02. The molecule has 2 saturated carbocycles. The predicted octanol–water partition coefficient (Wildman–Crippen LogP) is 3.15. The van der Waals surface area contributed by atoms with Crippen LogP contribution in [0.4, 0.5) is 0 Å².